The van der Waals surface area contributed by atoms with Crippen molar-refractivity contribution < 1.29 is 27.9 Å². The Morgan fingerprint density at radius 2 is 1.20 bits per heavy atom. The monoisotopic (exact) mass is 477 g/mol. The maximum atomic E-state index is 14.1. The van der Waals surface area contributed by atoms with Gasteiger partial charge in [0.1, 0.15) is 0 Å². The fourth-order valence-electron chi connectivity index (χ4n) is 4.19. The summed E-state index contributed by atoms with van der Waals surface area (Å²) >= 11 is 0. The summed E-state index contributed by atoms with van der Waals surface area (Å²) in [5.41, 5.74) is -0.503. The highest BCUT2D eigenvalue weighted by Crippen LogP contribution is 2.44. The van der Waals surface area contributed by atoms with Crippen LogP contribution in [-0.4, -0.2) is 34.7 Å². The Kier molecular flexibility index (Phi) is 6.98. The Balaban J connectivity index is 1.95. The molecule has 0 saturated heterocycles. The van der Waals surface area contributed by atoms with Crippen molar-refractivity contribution in [1.29, 1.82) is 0 Å². The number of hydrogen-bond donors (Lipinski definition) is 1. The van der Waals surface area contributed by atoms with Crippen LogP contribution in [0.25, 0.3) is 0 Å². The number of carbonyl (C=O) groups is 2. The molecule has 0 amide bonds. The summed E-state index contributed by atoms with van der Waals surface area (Å²) in [4.78, 5) is 28.7. The van der Waals surface area contributed by atoms with Crippen molar-refractivity contribution in [2.75, 3.05) is 13.2 Å². The molecule has 1 aliphatic heterocycles. The zero-order chi connectivity index (χ0) is 25.0. The third kappa shape index (κ3) is 5.10. The lowest BCUT2D eigenvalue weighted by Crippen LogP contribution is -2.30. The van der Waals surface area contributed by atoms with Crippen molar-refractivity contribution in [3.63, 3.8) is 0 Å². The Labute approximate surface area is 200 Å². The van der Waals surface area contributed by atoms with E-state index in [4.69, 9.17) is 0 Å². The van der Waals surface area contributed by atoms with Gasteiger partial charge in [-0.05, 0) is 11.6 Å². The zero-order valence-corrected chi connectivity index (χ0v) is 18.6. The molecule has 1 heterocycles. The fourth-order valence-corrected chi connectivity index (χ4v) is 4.19. The molecule has 0 saturated carbocycles. The largest absolute Gasteiger partial charge is 0.416 e. The van der Waals surface area contributed by atoms with E-state index in [1.54, 1.807) is 60.7 Å². The molecule has 0 spiro atoms. The van der Waals surface area contributed by atoms with Gasteiger partial charge in [-0.2, -0.15) is 13.2 Å². The highest BCUT2D eigenvalue weighted by Gasteiger charge is 2.41. The lowest BCUT2D eigenvalue weighted by molar-refractivity contribution is -0.138. The molecular weight excluding hydrogens is 455 g/mol. The number of carbonyl (C=O) groups excluding carboxylic acids is 2. The van der Waals surface area contributed by atoms with Crippen LogP contribution in [0, 0.1) is 0 Å². The number of aliphatic hydroxyl groups is 1. The number of allylic oxidation sites excluding steroid dienone is 2. The number of alkyl halides is 3. The SMILES string of the molecule is O=C(C1=CN(CCO)C=C(C(=O)c2ccccc2)C1c1ccccc1C(F)(F)F)c1ccccc1. The first-order chi connectivity index (χ1) is 16.8. The number of benzene rings is 3. The Morgan fingerprint density at radius 1 is 0.743 bits per heavy atom. The first kappa shape index (κ1) is 24.2. The van der Waals surface area contributed by atoms with E-state index in [1.807, 2.05) is 0 Å². The smallest absolute Gasteiger partial charge is 0.395 e. The molecule has 0 fully saturated rings. The predicted molar refractivity (Wildman–Crippen MR) is 126 cm³/mol. The van der Waals surface area contributed by atoms with Crippen molar-refractivity contribution in [1.82, 2.24) is 4.90 Å². The molecule has 0 unspecified atom stereocenters. The van der Waals surface area contributed by atoms with E-state index in [0.717, 1.165) is 6.07 Å². The minimum atomic E-state index is -4.69. The van der Waals surface area contributed by atoms with Gasteiger partial charge in [-0.1, -0.05) is 78.9 Å². The van der Waals surface area contributed by atoms with Crippen molar-refractivity contribution >= 4 is 11.6 Å². The van der Waals surface area contributed by atoms with E-state index in [2.05, 4.69) is 0 Å². The third-order valence-electron chi connectivity index (χ3n) is 5.76. The van der Waals surface area contributed by atoms with Crippen molar-refractivity contribution in [3.05, 3.63) is 131 Å². The quantitative estimate of drug-likeness (QED) is 0.448. The van der Waals surface area contributed by atoms with E-state index in [1.165, 1.54) is 35.5 Å². The molecule has 35 heavy (non-hydrogen) atoms. The molecule has 3 aromatic rings. The summed E-state index contributed by atoms with van der Waals surface area (Å²) in [7, 11) is 0. The number of ketones is 2. The Hall–Kier alpha value is -3.97. The molecule has 3 aromatic carbocycles. The first-order valence-electron chi connectivity index (χ1n) is 11.0. The van der Waals surface area contributed by atoms with Gasteiger partial charge in [-0.15, -0.1) is 0 Å². The van der Waals surface area contributed by atoms with Crippen molar-refractivity contribution in [2.24, 2.45) is 0 Å². The summed E-state index contributed by atoms with van der Waals surface area (Å²) in [6.07, 6.45) is -1.85. The van der Waals surface area contributed by atoms with Gasteiger partial charge in [0.2, 0.25) is 0 Å². The molecule has 0 aliphatic carbocycles. The topological polar surface area (TPSA) is 57.6 Å². The number of β-amino-alcohol motifs (C(OH)–C–C–N with tert-alkyl or cyclic N) is 1. The van der Waals surface area contributed by atoms with Crippen LogP contribution in [0.5, 0.6) is 0 Å². The van der Waals surface area contributed by atoms with E-state index in [9.17, 15) is 27.9 Å². The van der Waals surface area contributed by atoms with Crippen LogP contribution in [0.1, 0.15) is 37.8 Å². The van der Waals surface area contributed by atoms with Gasteiger partial charge in [0, 0.05) is 47.1 Å². The summed E-state index contributed by atoms with van der Waals surface area (Å²) in [5, 5.41) is 9.52. The molecule has 7 heteroatoms. The summed E-state index contributed by atoms with van der Waals surface area (Å²) in [6.45, 7) is -0.221. The van der Waals surface area contributed by atoms with Gasteiger partial charge in [-0.3, -0.25) is 9.59 Å². The molecule has 0 radical (unpaired) electrons. The van der Waals surface area contributed by atoms with Gasteiger partial charge in [0.25, 0.3) is 0 Å². The molecule has 4 rings (SSSR count). The van der Waals surface area contributed by atoms with Gasteiger partial charge in [-0.25, -0.2) is 0 Å². The normalized spacial score (nSPS) is 14.3. The van der Waals surface area contributed by atoms with E-state index < -0.39 is 29.2 Å². The molecule has 1 N–H and O–H groups in total. The summed E-state index contributed by atoms with van der Waals surface area (Å²) in [6, 6.07) is 21.4. The van der Waals surface area contributed by atoms with Crippen molar-refractivity contribution in [3.8, 4) is 0 Å². The number of nitrogens with zero attached hydrogens (tertiary/aromatic N) is 1. The lowest BCUT2D eigenvalue weighted by atomic mass is 9.76. The first-order valence-corrected chi connectivity index (χ1v) is 11.0. The summed E-state index contributed by atoms with van der Waals surface area (Å²) in [5.74, 6) is -2.26. The standard InChI is InChI=1S/C28H22F3NO3/c29-28(30,31)24-14-8-7-13-21(24)25-22(26(34)19-9-3-1-4-10-19)17-32(15-16-33)18-23(25)27(35)20-11-5-2-6-12-20/h1-14,17-18,25,33H,15-16H2. The van der Waals surface area contributed by atoms with Crippen molar-refractivity contribution in [2.45, 2.75) is 12.1 Å². The average Bonchev–Trinajstić information content (AvgIpc) is 2.88. The van der Waals surface area contributed by atoms with E-state index in [0.29, 0.717) is 0 Å². The van der Waals surface area contributed by atoms with Crippen LogP contribution in [0.15, 0.2) is 108 Å². The predicted octanol–water partition coefficient (Wildman–Crippen LogP) is 5.63. The molecule has 0 atom stereocenters. The maximum absolute atomic E-state index is 14.1. The average molecular weight is 477 g/mol. The van der Waals surface area contributed by atoms with Crippen LogP contribution in [-0.2, 0) is 6.18 Å². The molecule has 4 nitrogen and oxygen atoms in total. The second-order valence-corrected chi connectivity index (χ2v) is 8.04. The van der Waals surface area contributed by atoms with Crippen LogP contribution < -0.4 is 0 Å². The van der Waals surface area contributed by atoms with E-state index in [-0.39, 0.29) is 41.0 Å². The summed E-state index contributed by atoms with van der Waals surface area (Å²) < 4.78 is 42.2. The minimum absolute atomic E-state index is 0.0168. The molecular formula is C28H22F3NO3. The zero-order valence-electron chi connectivity index (χ0n) is 18.6. The molecule has 0 aromatic heterocycles. The molecule has 0 bridgehead atoms. The van der Waals surface area contributed by atoms with Gasteiger partial charge < -0.3 is 10.0 Å². The number of halogens is 3. The number of aliphatic hydroxyl groups excluding tert-OH is 1. The second kappa shape index (κ2) is 10.1. The van der Waals surface area contributed by atoms with Crippen LogP contribution in [0.4, 0.5) is 13.2 Å². The van der Waals surface area contributed by atoms with E-state index >= 15 is 0 Å². The van der Waals surface area contributed by atoms with Crippen LogP contribution in [0.3, 0.4) is 0 Å². The molecule has 1 aliphatic rings. The number of hydrogen-bond acceptors (Lipinski definition) is 4. The highest BCUT2D eigenvalue weighted by atomic mass is 19.4. The second-order valence-electron chi connectivity index (χ2n) is 8.04. The van der Waals surface area contributed by atoms with Gasteiger partial charge in [0.05, 0.1) is 12.2 Å². The van der Waals surface area contributed by atoms with Crippen LogP contribution in [0.2, 0.25) is 0 Å². The number of rotatable bonds is 7. The lowest BCUT2D eigenvalue weighted by Gasteiger charge is -2.32. The highest BCUT2D eigenvalue weighted by molar-refractivity contribution is 6.15. The Morgan fingerprint density at radius 3 is 1.66 bits per heavy atom. The maximum Gasteiger partial charge on any atom is 0.416 e. The van der Waals surface area contributed by atoms with Crippen LogP contribution >= 0.6 is 0 Å². The van der Waals surface area contributed by atoms with Gasteiger partial charge >= 0.3 is 6.18 Å². The van der Waals surface area contributed by atoms with Gasteiger partial charge in [0.15, 0.2) is 11.6 Å². The Bertz CT molecular complexity index is 1210. The fraction of sp³-hybridized carbons (Fsp3) is 0.143. The third-order valence-corrected chi connectivity index (χ3v) is 5.76. The molecule has 178 valence electrons. The minimum Gasteiger partial charge on any atom is -0.395 e. The number of Topliss-reactive ketones (excluding diaryl/α,β-unsaturated/α-hetero) is 2.